The lowest BCUT2D eigenvalue weighted by Gasteiger charge is -2.25. The highest BCUT2D eigenvalue weighted by atomic mass is 19.4. The molecule has 21 heavy (non-hydrogen) atoms. The molecule has 0 aliphatic carbocycles. The molecule has 1 unspecified atom stereocenters. The lowest BCUT2D eigenvalue weighted by molar-refractivity contribution is -0.162. The molecule has 1 aliphatic heterocycles. The van der Waals surface area contributed by atoms with Crippen molar-refractivity contribution in [2.24, 2.45) is 5.92 Å². The van der Waals surface area contributed by atoms with Crippen molar-refractivity contribution in [1.29, 1.82) is 0 Å². The first-order valence-corrected chi connectivity index (χ1v) is 7.03. The number of halogens is 3. The Morgan fingerprint density at radius 1 is 1.29 bits per heavy atom. The molecule has 0 spiro atoms. The minimum absolute atomic E-state index is 0.000663. The summed E-state index contributed by atoms with van der Waals surface area (Å²) in [5.74, 6) is -0.283. The maximum absolute atomic E-state index is 12.7. The van der Waals surface area contributed by atoms with Crippen LogP contribution in [-0.4, -0.2) is 36.6 Å². The van der Waals surface area contributed by atoms with E-state index in [-0.39, 0.29) is 18.9 Å². The van der Waals surface area contributed by atoms with Crippen molar-refractivity contribution in [3.05, 3.63) is 35.9 Å². The van der Waals surface area contributed by atoms with Crippen LogP contribution in [0.25, 0.3) is 0 Å². The second-order valence-electron chi connectivity index (χ2n) is 5.41. The van der Waals surface area contributed by atoms with Crippen LogP contribution in [0, 0.1) is 5.92 Å². The third-order valence-electron chi connectivity index (χ3n) is 3.56. The second-order valence-corrected chi connectivity index (χ2v) is 5.41. The van der Waals surface area contributed by atoms with E-state index in [4.69, 9.17) is 0 Å². The van der Waals surface area contributed by atoms with Crippen LogP contribution in [0.15, 0.2) is 30.3 Å². The number of benzene rings is 1. The summed E-state index contributed by atoms with van der Waals surface area (Å²) < 4.78 is 38.0. The van der Waals surface area contributed by atoms with Gasteiger partial charge in [0.1, 0.15) is 6.54 Å². The van der Waals surface area contributed by atoms with E-state index in [1.165, 1.54) is 0 Å². The molecule has 1 atom stereocenters. The summed E-state index contributed by atoms with van der Waals surface area (Å²) in [5.41, 5.74) is 0.708. The summed E-state index contributed by atoms with van der Waals surface area (Å²) in [6, 6.07) is 8.77. The van der Waals surface area contributed by atoms with Gasteiger partial charge in [-0.2, -0.15) is 13.2 Å². The number of hydrogen-bond acceptors (Lipinski definition) is 2. The van der Waals surface area contributed by atoms with Crippen LogP contribution < -0.4 is 5.32 Å². The first-order valence-electron chi connectivity index (χ1n) is 7.03. The van der Waals surface area contributed by atoms with Crippen molar-refractivity contribution < 1.29 is 18.0 Å². The van der Waals surface area contributed by atoms with Crippen molar-refractivity contribution in [2.75, 3.05) is 19.6 Å². The lowest BCUT2D eigenvalue weighted by atomic mass is 10.0. The molecule has 1 aromatic rings. The average molecular weight is 300 g/mol. The van der Waals surface area contributed by atoms with E-state index < -0.39 is 18.6 Å². The number of amides is 1. The van der Waals surface area contributed by atoms with Crippen LogP contribution in [0.3, 0.4) is 0 Å². The van der Waals surface area contributed by atoms with Gasteiger partial charge in [0.25, 0.3) is 0 Å². The molecule has 0 bridgehead atoms. The van der Waals surface area contributed by atoms with Crippen LogP contribution >= 0.6 is 0 Å². The number of nitrogens with zero attached hydrogens (tertiary/aromatic N) is 1. The zero-order valence-corrected chi connectivity index (χ0v) is 11.7. The fraction of sp³-hybridized carbons (Fsp3) is 0.533. The van der Waals surface area contributed by atoms with Gasteiger partial charge in [-0.25, -0.2) is 0 Å². The van der Waals surface area contributed by atoms with Crippen LogP contribution in [0.5, 0.6) is 0 Å². The van der Waals surface area contributed by atoms with E-state index in [2.05, 4.69) is 5.32 Å². The number of alkyl halides is 3. The van der Waals surface area contributed by atoms with E-state index >= 15 is 0 Å². The highest BCUT2D eigenvalue weighted by Gasteiger charge is 2.33. The first-order chi connectivity index (χ1) is 9.94. The first kappa shape index (κ1) is 15.8. The Labute approximate surface area is 122 Å². The standard InChI is InChI=1S/C15H19F3N2O/c16-15(17,18)11-20(10-12-4-2-1-3-5-12)14(21)8-13-6-7-19-9-13/h1-5,13,19H,6-11H2. The summed E-state index contributed by atoms with van der Waals surface area (Å²) in [5, 5.41) is 3.12. The zero-order valence-electron chi connectivity index (χ0n) is 11.7. The quantitative estimate of drug-likeness (QED) is 0.906. The summed E-state index contributed by atoms with van der Waals surface area (Å²) in [6.07, 6.45) is -3.36. The molecule has 1 saturated heterocycles. The fourth-order valence-electron chi connectivity index (χ4n) is 2.52. The van der Waals surface area contributed by atoms with Crippen LogP contribution in [0.2, 0.25) is 0 Å². The fourth-order valence-corrected chi connectivity index (χ4v) is 2.52. The molecule has 6 heteroatoms. The van der Waals surface area contributed by atoms with E-state index in [1.807, 2.05) is 0 Å². The van der Waals surface area contributed by atoms with E-state index in [0.29, 0.717) is 12.1 Å². The van der Waals surface area contributed by atoms with Crippen molar-refractivity contribution in [1.82, 2.24) is 10.2 Å². The van der Waals surface area contributed by atoms with Gasteiger partial charge < -0.3 is 10.2 Å². The van der Waals surface area contributed by atoms with E-state index in [0.717, 1.165) is 17.9 Å². The Bertz CT molecular complexity index is 456. The molecule has 0 aromatic heterocycles. The number of rotatable bonds is 5. The Morgan fingerprint density at radius 3 is 2.57 bits per heavy atom. The molecule has 0 saturated carbocycles. The molecule has 0 radical (unpaired) electrons. The second kappa shape index (κ2) is 6.93. The van der Waals surface area contributed by atoms with Crippen LogP contribution in [0.4, 0.5) is 13.2 Å². The minimum atomic E-state index is -4.38. The normalized spacial score (nSPS) is 18.7. The maximum atomic E-state index is 12.7. The van der Waals surface area contributed by atoms with Crippen molar-refractivity contribution in [3.8, 4) is 0 Å². The topological polar surface area (TPSA) is 32.3 Å². The largest absolute Gasteiger partial charge is 0.406 e. The Kier molecular flexibility index (Phi) is 5.22. The summed E-state index contributed by atoms with van der Waals surface area (Å²) >= 11 is 0. The Balaban J connectivity index is 2.01. The smallest absolute Gasteiger partial charge is 0.329 e. The molecule has 3 nitrogen and oxygen atoms in total. The summed E-state index contributed by atoms with van der Waals surface area (Å²) in [7, 11) is 0. The summed E-state index contributed by atoms with van der Waals surface area (Å²) in [4.78, 5) is 13.1. The molecule has 1 N–H and O–H groups in total. The van der Waals surface area contributed by atoms with Crippen LogP contribution in [0.1, 0.15) is 18.4 Å². The zero-order chi connectivity index (χ0) is 15.3. The predicted molar refractivity (Wildman–Crippen MR) is 73.5 cm³/mol. The number of hydrogen-bond donors (Lipinski definition) is 1. The number of carbonyl (C=O) groups excluding carboxylic acids is 1. The van der Waals surface area contributed by atoms with Gasteiger partial charge in [0, 0.05) is 13.0 Å². The van der Waals surface area contributed by atoms with Gasteiger partial charge >= 0.3 is 6.18 Å². The van der Waals surface area contributed by atoms with E-state index in [9.17, 15) is 18.0 Å². The maximum Gasteiger partial charge on any atom is 0.406 e. The van der Waals surface area contributed by atoms with Gasteiger partial charge in [0.05, 0.1) is 0 Å². The number of carbonyl (C=O) groups is 1. The molecule has 116 valence electrons. The van der Waals surface area contributed by atoms with Gasteiger partial charge in [-0.15, -0.1) is 0 Å². The molecular weight excluding hydrogens is 281 g/mol. The highest BCUT2D eigenvalue weighted by molar-refractivity contribution is 5.76. The molecule has 1 heterocycles. The summed E-state index contributed by atoms with van der Waals surface area (Å²) in [6.45, 7) is 0.340. The predicted octanol–water partition coefficient (Wildman–Crippen LogP) is 2.58. The van der Waals surface area contributed by atoms with Gasteiger partial charge in [-0.3, -0.25) is 4.79 Å². The van der Waals surface area contributed by atoms with Gasteiger partial charge in [-0.1, -0.05) is 30.3 Å². The Hall–Kier alpha value is -1.56. The number of nitrogens with one attached hydrogen (secondary N) is 1. The van der Waals surface area contributed by atoms with Gasteiger partial charge in [0.2, 0.25) is 5.91 Å². The monoisotopic (exact) mass is 300 g/mol. The molecule has 1 aromatic carbocycles. The third-order valence-corrected chi connectivity index (χ3v) is 3.56. The van der Waals surface area contributed by atoms with Gasteiger partial charge in [0.15, 0.2) is 0 Å². The van der Waals surface area contributed by atoms with Crippen molar-refractivity contribution in [2.45, 2.75) is 25.6 Å². The molecule has 1 fully saturated rings. The molecule has 2 rings (SSSR count). The lowest BCUT2D eigenvalue weighted by Crippen LogP contribution is -2.39. The van der Waals surface area contributed by atoms with E-state index in [1.54, 1.807) is 30.3 Å². The third kappa shape index (κ3) is 5.38. The Morgan fingerprint density at radius 2 is 2.00 bits per heavy atom. The van der Waals surface area contributed by atoms with Crippen LogP contribution in [-0.2, 0) is 11.3 Å². The highest BCUT2D eigenvalue weighted by Crippen LogP contribution is 2.21. The van der Waals surface area contributed by atoms with Crippen molar-refractivity contribution in [3.63, 3.8) is 0 Å². The molecular formula is C15H19F3N2O. The SMILES string of the molecule is O=C(CC1CCNC1)N(Cc1ccccc1)CC(F)(F)F. The minimum Gasteiger partial charge on any atom is -0.329 e. The van der Waals surface area contributed by atoms with Crippen molar-refractivity contribution >= 4 is 5.91 Å². The molecule has 1 amide bonds. The van der Waals surface area contributed by atoms with Gasteiger partial charge in [-0.05, 0) is 31.0 Å². The molecule has 1 aliphatic rings. The average Bonchev–Trinajstić information content (AvgIpc) is 2.90.